The zero-order chi connectivity index (χ0) is 27.3. The number of aromatic nitrogens is 1. The van der Waals surface area contributed by atoms with Crippen molar-refractivity contribution in [1.82, 2.24) is 8.87 Å². The molecule has 1 aliphatic rings. The Morgan fingerprint density at radius 1 is 1.08 bits per heavy atom. The number of thiazole rings is 1. The van der Waals surface area contributed by atoms with Crippen LogP contribution < -0.4 is 4.80 Å². The average Bonchev–Trinajstić information content (AvgIpc) is 3.28. The van der Waals surface area contributed by atoms with Crippen molar-refractivity contribution in [2.75, 3.05) is 26.9 Å². The molecule has 1 fully saturated rings. The Bertz CT molecular complexity index is 1470. The minimum Gasteiger partial charge on any atom is -0.465 e. The van der Waals surface area contributed by atoms with Gasteiger partial charge >= 0.3 is 5.97 Å². The van der Waals surface area contributed by atoms with Crippen molar-refractivity contribution in [2.45, 2.75) is 57.0 Å². The number of nitrogens with zero attached hydrogens (tertiary/aromatic N) is 3. The molecule has 1 saturated heterocycles. The van der Waals surface area contributed by atoms with Crippen LogP contribution >= 0.6 is 11.3 Å². The summed E-state index contributed by atoms with van der Waals surface area (Å²) >= 11 is 1.29. The lowest BCUT2D eigenvalue weighted by Crippen LogP contribution is -2.43. The molecule has 1 atom stereocenters. The summed E-state index contributed by atoms with van der Waals surface area (Å²) in [5.74, 6) is -0.927. The average molecular weight is 560 g/mol. The zero-order valence-corrected chi connectivity index (χ0v) is 23.5. The van der Waals surface area contributed by atoms with Crippen molar-refractivity contribution in [2.24, 2.45) is 4.99 Å². The fraction of sp³-hybridized carbons (Fsp3) is 0.444. The molecule has 1 amide bonds. The number of esters is 1. The smallest absolute Gasteiger partial charge is 0.337 e. The van der Waals surface area contributed by atoms with Crippen LogP contribution in [0.15, 0.2) is 52.4 Å². The summed E-state index contributed by atoms with van der Waals surface area (Å²) in [5.41, 5.74) is 1.52. The molecule has 2 aromatic carbocycles. The molecule has 0 spiro atoms. The van der Waals surface area contributed by atoms with Gasteiger partial charge in [0.2, 0.25) is 10.0 Å². The quantitative estimate of drug-likeness (QED) is 0.287. The van der Waals surface area contributed by atoms with Crippen molar-refractivity contribution in [3.05, 3.63) is 58.4 Å². The van der Waals surface area contributed by atoms with Gasteiger partial charge in [0.1, 0.15) is 0 Å². The van der Waals surface area contributed by atoms with Crippen molar-refractivity contribution in [3.63, 3.8) is 0 Å². The van der Waals surface area contributed by atoms with E-state index in [1.165, 1.54) is 42.7 Å². The van der Waals surface area contributed by atoms with Crippen molar-refractivity contribution >= 4 is 43.5 Å². The monoisotopic (exact) mass is 559 g/mol. The highest BCUT2D eigenvalue weighted by Crippen LogP contribution is 2.27. The van der Waals surface area contributed by atoms with Gasteiger partial charge in [0.15, 0.2) is 4.80 Å². The van der Waals surface area contributed by atoms with Crippen LogP contribution in [0.1, 0.15) is 60.2 Å². The van der Waals surface area contributed by atoms with E-state index in [-0.39, 0.29) is 10.9 Å². The predicted octanol–water partition coefficient (Wildman–Crippen LogP) is 4.22. The van der Waals surface area contributed by atoms with Crippen molar-refractivity contribution in [3.8, 4) is 0 Å². The summed E-state index contributed by atoms with van der Waals surface area (Å²) in [6, 6.07) is 11.2. The van der Waals surface area contributed by atoms with E-state index in [1.807, 2.05) is 18.4 Å². The minimum absolute atomic E-state index is 0.00449. The molecule has 0 bridgehead atoms. The number of rotatable bonds is 9. The van der Waals surface area contributed by atoms with E-state index in [4.69, 9.17) is 9.47 Å². The zero-order valence-electron chi connectivity index (χ0n) is 21.9. The summed E-state index contributed by atoms with van der Waals surface area (Å²) in [5, 5.41) is 0. The Hall–Kier alpha value is -2.86. The van der Waals surface area contributed by atoms with E-state index in [1.54, 1.807) is 22.5 Å². The third-order valence-corrected chi connectivity index (χ3v) is 9.72. The van der Waals surface area contributed by atoms with Crippen LogP contribution in [-0.4, -0.2) is 62.1 Å². The number of fused-ring (bicyclic) bond motifs is 1. The minimum atomic E-state index is -3.64. The number of piperidine rings is 1. The van der Waals surface area contributed by atoms with Gasteiger partial charge in [0.25, 0.3) is 5.91 Å². The Balaban J connectivity index is 1.65. The maximum Gasteiger partial charge on any atom is 0.337 e. The van der Waals surface area contributed by atoms with Gasteiger partial charge in [0.05, 0.1) is 34.4 Å². The Morgan fingerprint density at radius 2 is 1.82 bits per heavy atom. The van der Waals surface area contributed by atoms with Crippen molar-refractivity contribution in [1.29, 1.82) is 0 Å². The Labute approximate surface area is 226 Å². The lowest BCUT2D eigenvalue weighted by molar-refractivity contribution is 0.0600. The van der Waals surface area contributed by atoms with Gasteiger partial charge in [-0.2, -0.15) is 9.30 Å². The number of amides is 1. The first-order valence-electron chi connectivity index (χ1n) is 12.8. The van der Waals surface area contributed by atoms with Gasteiger partial charge in [-0.1, -0.05) is 24.7 Å². The molecule has 9 nitrogen and oxygen atoms in total. The molecule has 3 aromatic rings. The molecule has 1 aliphatic heterocycles. The summed E-state index contributed by atoms with van der Waals surface area (Å²) in [6.45, 7) is 5.90. The standard InChI is InChI=1S/C27H33N3O6S2/c1-4-21-8-6-7-15-30(21)38(33,34)22-12-9-19(10-13-22)25(31)28-27-29(16-17-36-5-2)23-14-11-20(26(32)35-3)18-24(23)37-27/h9-14,18,21H,4-8,15-17H2,1-3H3. The third kappa shape index (κ3) is 5.90. The number of hydrogen-bond donors (Lipinski definition) is 0. The van der Waals surface area contributed by atoms with Gasteiger partial charge in [-0.25, -0.2) is 13.2 Å². The third-order valence-electron chi connectivity index (χ3n) is 6.72. The van der Waals surface area contributed by atoms with Gasteiger partial charge in [-0.15, -0.1) is 0 Å². The molecule has 38 heavy (non-hydrogen) atoms. The summed E-state index contributed by atoms with van der Waals surface area (Å²) in [6.07, 6.45) is 3.52. The second-order valence-electron chi connectivity index (χ2n) is 9.02. The highest BCUT2D eigenvalue weighted by Gasteiger charge is 2.32. The molecule has 1 aromatic heterocycles. The maximum atomic E-state index is 13.3. The Morgan fingerprint density at radius 3 is 2.50 bits per heavy atom. The molecule has 204 valence electrons. The lowest BCUT2D eigenvalue weighted by Gasteiger charge is -2.34. The molecule has 2 heterocycles. The second kappa shape index (κ2) is 12.3. The van der Waals surface area contributed by atoms with Crippen LogP contribution in [0.2, 0.25) is 0 Å². The van der Waals surface area contributed by atoms with E-state index < -0.39 is 21.9 Å². The fourth-order valence-electron chi connectivity index (χ4n) is 4.67. The highest BCUT2D eigenvalue weighted by atomic mass is 32.2. The first-order valence-corrected chi connectivity index (χ1v) is 15.1. The first-order chi connectivity index (χ1) is 18.3. The maximum absolute atomic E-state index is 13.3. The second-order valence-corrected chi connectivity index (χ2v) is 11.9. The number of methoxy groups -OCH3 is 1. The number of sulfonamides is 1. The summed E-state index contributed by atoms with van der Waals surface area (Å²) < 4.78 is 41.1. The summed E-state index contributed by atoms with van der Waals surface area (Å²) in [7, 11) is -2.31. The van der Waals surface area contributed by atoms with Crippen LogP contribution in [0, 0.1) is 0 Å². The normalized spacial score (nSPS) is 17.1. The number of hydrogen-bond acceptors (Lipinski definition) is 7. The predicted molar refractivity (Wildman–Crippen MR) is 146 cm³/mol. The molecule has 4 rings (SSSR count). The van der Waals surface area contributed by atoms with Crippen LogP contribution in [0.4, 0.5) is 0 Å². The number of ether oxygens (including phenoxy) is 2. The molecule has 0 aliphatic carbocycles. The van der Waals surface area contributed by atoms with Crippen LogP contribution in [0.3, 0.4) is 0 Å². The number of carbonyl (C=O) groups is 2. The fourth-order valence-corrected chi connectivity index (χ4v) is 7.54. The van der Waals surface area contributed by atoms with Crippen LogP contribution in [-0.2, 0) is 26.0 Å². The van der Waals surface area contributed by atoms with E-state index in [2.05, 4.69) is 4.99 Å². The topological polar surface area (TPSA) is 107 Å². The van der Waals surface area contributed by atoms with Crippen molar-refractivity contribution < 1.29 is 27.5 Å². The first kappa shape index (κ1) is 28.2. The van der Waals surface area contributed by atoms with E-state index in [0.717, 1.165) is 35.9 Å². The number of benzene rings is 2. The molecule has 0 N–H and O–H groups in total. The highest BCUT2D eigenvalue weighted by molar-refractivity contribution is 7.89. The molecular weight excluding hydrogens is 526 g/mol. The summed E-state index contributed by atoms with van der Waals surface area (Å²) in [4.78, 5) is 30.1. The molecular formula is C27H33N3O6S2. The van der Waals surface area contributed by atoms with Crippen LogP contribution in [0.5, 0.6) is 0 Å². The van der Waals surface area contributed by atoms with Gasteiger partial charge in [0, 0.05) is 31.3 Å². The molecule has 0 saturated carbocycles. The van der Waals surface area contributed by atoms with Gasteiger partial charge in [-0.3, -0.25) is 4.79 Å². The molecule has 1 unspecified atom stereocenters. The largest absolute Gasteiger partial charge is 0.465 e. The SMILES string of the molecule is CCOCCn1c(=NC(=O)c2ccc(S(=O)(=O)N3CCCCC3CC)cc2)sc2cc(C(=O)OC)ccc21. The van der Waals surface area contributed by atoms with Crippen LogP contribution in [0.25, 0.3) is 10.2 Å². The van der Waals surface area contributed by atoms with Gasteiger partial charge in [-0.05, 0) is 68.7 Å². The van der Waals surface area contributed by atoms with E-state index >= 15 is 0 Å². The van der Waals surface area contributed by atoms with E-state index in [0.29, 0.717) is 42.2 Å². The van der Waals surface area contributed by atoms with E-state index in [9.17, 15) is 18.0 Å². The molecule has 11 heteroatoms. The lowest BCUT2D eigenvalue weighted by atomic mass is 10.0. The number of carbonyl (C=O) groups excluding carboxylic acids is 2. The Kier molecular flexibility index (Phi) is 9.14. The van der Waals surface area contributed by atoms with Gasteiger partial charge < -0.3 is 14.0 Å². The molecule has 0 radical (unpaired) electrons.